The number of carbonyl (C=O) groups excluding carboxylic acids is 1. The summed E-state index contributed by atoms with van der Waals surface area (Å²) in [5, 5.41) is 3.79. The van der Waals surface area contributed by atoms with Crippen molar-refractivity contribution in [2.45, 2.75) is 13.8 Å². The van der Waals surface area contributed by atoms with Crippen LogP contribution in [-0.2, 0) is 4.79 Å². The summed E-state index contributed by atoms with van der Waals surface area (Å²) in [6, 6.07) is 9.43. The van der Waals surface area contributed by atoms with Crippen LogP contribution in [0.4, 0.5) is 0 Å². The lowest BCUT2D eigenvalue weighted by Gasteiger charge is -2.07. The summed E-state index contributed by atoms with van der Waals surface area (Å²) in [4.78, 5) is 11.6. The lowest BCUT2D eigenvalue weighted by Crippen LogP contribution is -2.24. The molecule has 1 heterocycles. The van der Waals surface area contributed by atoms with Gasteiger partial charge in [0.1, 0.15) is 11.5 Å². The number of carbonyl (C=O) groups is 1. The minimum Gasteiger partial charge on any atom is -0.484 e. The third-order valence-electron chi connectivity index (χ3n) is 2.72. The Bertz CT molecular complexity index is 653. The van der Waals surface area contributed by atoms with Crippen molar-refractivity contribution in [2.75, 3.05) is 6.61 Å². The van der Waals surface area contributed by atoms with E-state index in [1.54, 1.807) is 24.5 Å². The zero-order valence-electron chi connectivity index (χ0n) is 12.6. The molecule has 0 bridgehead atoms. The van der Waals surface area contributed by atoms with Crippen molar-refractivity contribution in [3.63, 3.8) is 0 Å². The summed E-state index contributed by atoms with van der Waals surface area (Å²) in [6.07, 6.45) is 6.46. The summed E-state index contributed by atoms with van der Waals surface area (Å²) < 4.78 is 10.5. The molecule has 0 aliphatic carbocycles. The van der Waals surface area contributed by atoms with Gasteiger partial charge < -0.3 is 9.15 Å². The van der Waals surface area contributed by atoms with E-state index in [0.717, 1.165) is 16.9 Å². The van der Waals surface area contributed by atoms with Crippen LogP contribution in [0.3, 0.4) is 0 Å². The van der Waals surface area contributed by atoms with Gasteiger partial charge in [0, 0.05) is 6.21 Å². The molecule has 22 heavy (non-hydrogen) atoms. The number of furan rings is 1. The van der Waals surface area contributed by atoms with E-state index in [4.69, 9.17) is 9.15 Å². The van der Waals surface area contributed by atoms with Gasteiger partial charge in [-0.05, 0) is 61.4 Å². The fourth-order valence-electron chi connectivity index (χ4n) is 1.87. The zero-order chi connectivity index (χ0) is 15.8. The van der Waals surface area contributed by atoms with E-state index in [1.807, 2.05) is 38.1 Å². The fraction of sp³-hybridized carbons (Fsp3) is 0.176. The number of nitrogens with zero attached hydrogens (tertiary/aromatic N) is 1. The van der Waals surface area contributed by atoms with Crippen LogP contribution in [0.15, 0.2) is 52.2 Å². The SMILES string of the molecule is Cc1cc(C)cc(OCC(=O)N/N=C\C=C\c2ccco2)c1. The fourth-order valence-corrected chi connectivity index (χ4v) is 1.87. The second-order valence-electron chi connectivity index (χ2n) is 4.80. The first-order chi connectivity index (χ1) is 10.6. The van der Waals surface area contributed by atoms with Crippen LogP contribution in [0.2, 0.25) is 0 Å². The predicted octanol–water partition coefficient (Wildman–Crippen LogP) is 3.09. The largest absolute Gasteiger partial charge is 0.484 e. The van der Waals surface area contributed by atoms with Gasteiger partial charge in [0.25, 0.3) is 5.91 Å². The zero-order valence-corrected chi connectivity index (χ0v) is 12.6. The van der Waals surface area contributed by atoms with Gasteiger partial charge in [0.2, 0.25) is 0 Å². The van der Waals surface area contributed by atoms with Crippen LogP contribution in [0.5, 0.6) is 5.75 Å². The standard InChI is InChI=1S/C17H18N2O3/c1-13-9-14(2)11-16(10-13)22-12-17(20)19-18-7-3-5-15-6-4-8-21-15/h3-11H,12H2,1-2H3,(H,19,20)/b5-3+,18-7-. The van der Waals surface area contributed by atoms with Crippen LogP contribution in [-0.4, -0.2) is 18.7 Å². The molecule has 0 saturated heterocycles. The van der Waals surface area contributed by atoms with E-state index in [0.29, 0.717) is 5.75 Å². The molecule has 5 nitrogen and oxygen atoms in total. The molecule has 2 aromatic rings. The summed E-state index contributed by atoms with van der Waals surface area (Å²) in [5.41, 5.74) is 4.57. The van der Waals surface area contributed by atoms with Gasteiger partial charge in [0.05, 0.1) is 6.26 Å². The van der Waals surface area contributed by atoms with E-state index in [2.05, 4.69) is 10.5 Å². The molecular weight excluding hydrogens is 280 g/mol. The topological polar surface area (TPSA) is 63.8 Å². The Hall–Kier alpha value is -2.82. The maximum Gasteiger partial charge on any atom is 0.277 e. The Balaban J connectivity index is 1.73. The third kappa shape index (κ3) is 5.28. The smallest absolute Gasteiger partial charge is 0.277 e. The van der Waals surface area contributed by atoms with E-state index in [9.17, 15) is 4.79 Å². The number of hydrazone groups is 1. The van der Waals surface area contributed by atoms with Crippen LogP contribution < -0.4 is 10.2 Å². The van der Waals surface area contributed by atoms with Gasteiger partial charge in [-0.25, -0.2) is 5.43 Å². The van der Waals surface area contributed by atoms with Crippen LogP contribution in [0.25, 0.3) is 6.08 Å². The number of benzene rings is 1. The Kier molecular flexibility index (Phi) is 5.54. The molecule has 2 rings (SSSR count). The highest BCUT2D eigenvalue weighted by Crippen LogP contribution is 2.15. The van der Waals surface area contributed by atoms with Crippen LogP contribution >= 0.6 is 0 Å². The molecule has 0 aliphatic rings. The van der Waals surface area contributed by atoms with Gasteiger partial charge in [-0.3, -0.25) is 4.79 Å². The predicted molar refractivity (Wildman–Crippen MR) is 85.8 cm³/mol. The van der Waals surface area contributed by atoms with Crippen molar-refractivity contribution in [3.05, 3.63) is 59.6 Å². The van der Waals surface area contributed by atoms with Crippen molar-refractivity contribution in [3.8, 4) is 5.75 Å². The molecule has 0 spiro atoms. The van der Waals surface area contributed by atoms with Crippen molar-refractivity contribution in [1.82, 2.24) is 5.43 Å². The Morgan fingerprint density at radius 3 is 2.77 bits per heavy atom. The quantitative estimate of drug-likeness (QED) is 0.658. The number of ether oxygens (including phenoxy) is 1. The van der Waals surface area contributed by atoms with Crippen LogP contribution in [0, 0.1) is 13.8 Å². The van der Waals surface area contributed by atoms with Gasteiger partial charge >= 0.3 is 0 Å². The molecule has 114 valence electrons. The van der Waals surface area contributed by atoms with Crippen molar-refractivity contribution >= 4 is 18.2 Å². The first kappa shape index (κ1) is 15.6. The third-order valence-corrected chi connectivity index (χ3v) is 2.72. The number of amides is 1. The number of hydrogen-bond donors (Lipinski definition) is 1. The maximum absolute atomic E-state index is 11.6. The molecule has 1 aromatic carbocycles. The highest BCUT2D eigenvalue weighted by atomic mass is 16.5. The maximum atomic E-state index is 11.6. The lowest BCUT2D eigenvalue weighted by molar-refractivity contribution is -0.123. The normalized spacial score (nSPS) is 11.2. The molecule has 5 heteroatoms. The monoisotopic (exact) mass is 298 g/mol. The highest BCUT2D eigenvalue weighted by molar-refractivity contribution is 5.81. The minimum atomic E-state index is -0.318. The number of rotatable bonds is 6. The van der Waals surface area contributed by atoms with Gasteiger partial charge in [0.15, 0.2) is 6.61 Å². The number of hydrogen-bond acceptors (Lipinski definition) is 4. The van der Waals surface area contributed by atoms with Crippen LogP contribution in [0.1, 0.15) is 16.9 Å². The lowest BCUT2D eigenvalue weighted by atomic mass is 10.1. The average Bonchev–Trinajstić information content (AvgIpc) is 2.97. The molecule has 0 fully saturated rings. The average molecular weight is 298 g/mol. The van der Waals surface area contributed by atoms with E-state index in [-0.39, 0.29) is 12.5 Å². The second-order valence-corrected chi connectivity index (χ2v) is 4.80. The van der Waals surface area contributed by atoms with Gasteiger partial charge in [-0.2, -0.15) is 5.10 Å². The Labute approximate surface area is 129 Å². The summed E-state index contributed by atoms with van der Waals surface area (Å²) in [6.45, 7) is 3.88. The molecule has 0 aliphatic heterocycles. The van der Waals surface area contributed by atoms with E-state index in [1.165, 1.54) is 6.21 Å². The Morgan fingerprint density at radius 1 is 1.32 bits per heavy atom. The Morgan fingerprint density at radius 2 is 2.09 bits per heavy atom. The molecular formula is C17H18N2O3. The molecule has 1 aromatic heterocycles. The summed E-state index contributed by atoms with van der Waals surface area (Å²) in [7, 11) is 0. The summed E-state index contributed by atoms with van der Waals surface area (Å²) in [5.74, 6) is 1.08. The molecule has 0 saturated carbocycles. The number of aryl methyl sites for hydroxylation is 2. The second kappa shape index (κ2) is 7.83. The highest BCUT2D eigenvalue weighted by Gasteiger charge is 2.02. The number of allylic oxidation sites excluding steroid dienone is 1. The van der Waals surface area contributed by atoms with Gasteiger partial charge in [-0.1, -0.05) is 6.07 Å². The van der Waals surface area contributed by atoms with Gasteiger partial charge in [-0.15, -0.1) is 0 Å². The molecule has 0 unspecified atom stereocenters. The molecule has 0 radical (unpaired) electrons. The molecule has 0 atom stereocenters. The summed E-state index contributed by atoms with van der Waals surface area (Å²) >= 11 is 0. The van der Waals surface area contributed by atoms with Crippen molar-refractivity contribution < 1.29 is 13.9 Å². The number of nitrogens with one attached hydrogen (secondary N) is 1. The first-order valence-corrected chi connectivity index (χ1v) is 6.86. The first-order valence-electron chi connectivity index (χ1n) is 6.86. The molecule has 1 N–H and O–H groups in total. The molecule has 1 amide bonds. The van der Waals surface area contributed by atoms with E-state index < -0.39 is 0 Å². The van der Waals surface area contributed by atoms with E-state index >= 15 is 0 Å². The van der Waals surface area contributed by atoms with Crippen molar-refractivity contribution in [2.24, 2.45) is 5.10 Å². The van der Waals surface area contributed by atoms with Crippen molar-refractivity contribution in [1.29, 1.82) is 0 Å². The minimum absolute atomic E-state index is 0.0812.